The van der Waals surface area contributed by atoms with Crippen LogP contribution in [0.15, 0.2) is 36.7 Å². The Morgan fingerprint density at radius 3 is 3.00 bits per heavy atom. The second kappa shape index (κ2) is 4.61. The van der Waals surface area contributed by atoms with Crippen LogP contribution in [0.4, 0.5) is 0 Å². The van der Waals surface area contributed by atoms with Crippen LogP contribution in [0.3, 0.4) is 0 Å². The summed E-state index contributed by atoms with van der Waals surface area (Å²) in [5, 5.41) is 2.19. The smallest absolute Gasteiger partial charge is 0.231 e. The number of carbonyl (C=O) groups is 1. The summed E-state index contributed by atoms with van der Waals surface area (Å²) in [7, 11) is 0. The second-order valence-electron chi connectivity index (χ2n) is 3.59. The molecule has 0 saturated heterocycles. The summed E-state index contributed by atoms with van der Waals surface area (Å²) in [6.45, 7) is 0. The van der Waals surface area contributed by atoms with Crippen LogP contribution in [0.1, 0.15) is 5.56 Å². The number of alkyl halides is 1. The maximum absolute atomic E-state index is 11.0. The lowest BCUT2D eigenvalue weighted by Gasteiger charge is -2.08. The van der Waals surface area contributed by atoms with Crippen molar-refractivity contribution in [1.82, 2.24) is 4.98 Å². The van der Waals surface area contributed by atoms with Crippen molar-refractivity contribution in [1.29, 1.82) is 0 Å². The number of carbonyl (C=O) groups excluding carboxylic acids is 1. The fourth-order valence-electron chi connectivity index (χ4n) is 1.66. The molecule has 16 heavy (non-hydrogen) atoms. The molecule has 2 rings (SSSR count). The highest BCUT2D eigenvalue weighted by Gasteiger charge is 2.12. The van der Waals surface area contributed by atoms with E-state index < -0.39 is 0 Å². The van der Waals surface area contributed by atoms with Crippen LogP contribution in [0.25, 0.3) is 10.8 Å². The lowest BCUT2D eigenvalue weighted by molar-refractivity contribution is -0.117. The van der Waals surface area contributed by atoms with E-state index in [1.165, 1.54) is 0 Å². The first-order valence-corrected chi connectivity index (χ1v) is 5.85. The Balaban J connectivity index is 2.41. The van der Waals surface area contributed by atoms with Crippen molar-refractivity contribution in [3.05, 3.63) is 42.2 Å². The van der Waals surface area contributed by atoms with Crippen molar-refractivity contribution in [2.24, 2.45) is 5.73 Å². The third kappa shape index (κ3) is 2.22. The zero-order chi connectivity index (χ0) is 11.5. The molecule has 1 aromatic carbocycles. The molecule has 1 amide bonds. The van der Waals surface area contributed by atoms with Gasteiger partial charge in [-0.15, -0.1) is 0 Å². The van der Waals surface area contributed by atoms with E-state index in [0.717, 1.165) is 16.3 Å². The largest absolute Gasteiger partial charge is 0.369 e. The normalized spacial score (nSPS) is 12.6. The van der Waals surface area contributed by atoms with Crippen molar-refractivity contribution >= 4 is 32.6 Å². The van der Waals surface area contributed by atoms with Gasteiger partial charge in [0.05, 0.1) is 4.83 Å². The molecule has 0 aliphatic heterocycles. The van der Waals surface area contributed by atoms with Gasteiger partial charge in [-0.05, 0) is 23.4 Å². The number of benzene rings is 1. The van der Waals surface area contributed by atoms with Crippen LogP contribution in [0, 0.1) is 0 Å². The number of aromatic nitrogens is 1. The molecule has 1 atom stereocenters. The summed E-state index contributed by atoms with van der Waals surface area (Å²) in [6.07, 6.45) is 4.16. The van der Waals surface area contributed by atoms with E-state index in [2.05, 4.69) is 20.9 Å². The maximum atomic E-state index is 11.0. The van der Waals surface area contributed by atoms with Crippen LogP contribution in [0.2, 0.25) is 0 Å². The molecule has 0 radical (unpaired) electrons. The van der Waals surface area contributed by atoms with Gasteiger partial charge in [0.15, 0.2) is 0 Å². The number of pyridine rings is 1. The SMILES string of the molecule is NC(=O)C(Br)Cc1cccc2cnccc12. The topological polar surface area (TPSA) is 56.0 Å². The summed E-state index contributed by atoms with van der Waals surface area (Å²) in [5.74, 6) is -0.342. The fourth-order valence-corrected chi connectivity index (χ4v) is 2.01. The van der Waals surface area contributed by atoms with Gasteiger partial charge in [0.1, 0.15) is 0 Å². The Morgan fingerprint density at radius 2 is 2.25 bits per heavy atom. The Bertz CT molecular complexity index is 522. The summed E-state index contributed by atoms with van der Waals surface area (Å²) in [6, 6.07) is 7.91. The zero-order valence-corrected chi connectivity index (χ0v) is 10.1. The van der Waals surface area contributed by atoms with Gasteiger partial charge in [-0.1, -0.05) is 34.1 Å². The fraction of sp³-hybridized carbons (Fsp3) is 0.167. The number of rotatable bonds is 3. The van der Waals surface area contributed by atoms with Crippen LogP contribution in [0.5, 0.6) is 0 Å². The zero-order valence-electron chi connectivity index (χ0n) is 8.56. The average Bonchev–Trinajstić information content (AvgIpc) is 2.29. The minimum absolute atomic E-state index is 0.328. The molecule has 0 saturated carbocycles. The molecule has 1 unspecified atom stereocenters. The van der Waals surface area contributed by atoms with E-state index in [4.69, 9.17) is 5.73 Å². The van der Waals surface area contributed by atoms with Crippen molar-refractivity contribution in [3.8, 4) is 0 Å². The van der Waals surface area contributed by atoms with Gasteiger partial charge in [0.25, 0.3) is 0 Å². The third-order valence-corrected chi connectivity index (χ3v) is 3.25. The molecule has 1 heterocycles. The summed E-state index contributed by atoms with van der Waals surface area (Å²) in [5.41, 5.74) is 6.33. The van der Waals surface area contributed by atoms with E-state index in [0.29, 0.717) is 6.42 Å². The molecule has 0 spiro atoms. The number of nitrogens with zero attached hydrogens (tertiary/aromatic N) is 1. The predicted molar refractivity (Wildman–Crippen MR) is 67.4 cm³/mol. The molecule has 3 nitrogen and oxygen atoms in total. The molecule has 2 aromatic rings. The minimum Gasteiger partial charge on any atom is -0.369 e. The van der Waals surface area contributed by atoms with Gasteiger partial charge in [-0.2, -0.15) is 0 Å². The standard InChI is InChI=1S/C12H11BrN2O/c13-11(12(14)16)6-8-2-1-3-9-7-15-5-4-10(8)9/h1-5,7,11H,6H2,(H2,14,16). The highest BCUT2D eigenvalue weighted by molar-refractivity contribution is 9.10. The molecule has 0 aliphatic rings. The van der Waals surface area contributed by atoms with Crippen molar-refractivity contribution < 1.29 is 4.79 Å². The Labute approximate surface area is 102 Å². The number of primary amides is 1. The molecular formula is C12H11BrN2O. The first kappa shape index (κ1) is 11.1. The number of hydrogen-bond donors (Lipinski definition) is 1. The highest BCUT2D eigenvalue weighted by atomic mass is 79.9. The quantitative estimate of drug-likeness (QED) is 0.874. The monoisotopic (exact) mass is 278 g/mol. The Kier molecular flexibility index (Phi) is 3.19. The molecular weight excluding hydrogens is 268 g/mol. The first-order chi connectivity index (χ1) is 7.68. The summed E-state index contributed by atoms with van der Waals surface area (Å²) >= 11 is 3.27. The minimum atomic E-state index is -0.342. The van der Waals surface area contributed by atoms with E-state index in [9.17, 15) is 4.79 Å². The van der Waals surface area contributed by atoms with Gasteiger partial charge in [-0.3, -0.25) is 9.78 Å². The molecule has 0 bridgehead atoms. The van der Waals surface area contributed by atoms with E-state index in [1.54, 1.807) is 6.20 Å². The Morgan fingerprint density at radius 1 is 1.44 bits per heavy atom. The van der Waals surface area contributed by atoms with Gasteiger partial charge >= 0.3 is 0 Å². The maximum Gasteiger partial charge on any atom is 0.231 e. The van der Waals surface area contributed by atoms with Crippen LogP contribution in [-0.4, -0.2) is 15.7 Å². The molecule has 1 aromatic heterocycles. The molecule has 2 N–H and O–H groups in total. The van der Waals surface area contributed by atoms with E-state index in [1.807, 2.05) is 30.5 Å². The van der Waals surface area contributed by atoms with Gasteiger partial charge in [0, 0.05) is 17.8 Å². The molecule has 4 heteroatoms. The molecule has 82 valence electrons. The number of fused-ring (bicyclic) bond motifs is 1. The van der Waals surface area contributed by atoms with Crippen molar-refractivity contribution in [2.45, 2.75) is 11.2 Å². The van der Waals surface area contributed by atoms with Crippen molar-refractivity contribution in [2.75, 3.05) is 0 Å². The second-order valence-corrected chi connectivity index (χ2v) is 4.69. The van der Waals surface area contributed by atoms with Gasteiger partial charge < -0.3 is 5.73 Å². The van der Waals surface area contributed by atoms with Gasteiger partial charge in [-0.25, -0.2) is 0 Å². The number of nitrogens with two attached hydrogens (primary N) is 1. The summed E-state index contributed by atoms with van der Waals surface area (Å²) in [4.78, 5) is 14.7. The lowest BCUT2D eigenvalue weighted by atomic mass is 10.0. The Hall–Kier alpha value is -1.42. The molecule has 0 aliphatic carbocycles. The summed E-state index contributed by atoms with van der Waals surface area (Å²) < 4.78 is 0. The van der Waals surface area contributed by atoms with Crippen LogP contribution < -0.4 is 5.73 Å². The van der Waals surface area contributed by atoms with Crippen molar-refractivity contribution in [3.63, 3.8) is 0 Å². The third-order valence-electron chi connectivity index (χ3n) is 2.48. The highest BCUT2D eigenvalue weighted by Crippen LogP contribution is 2.20. The first-order valence-electron chi connectivity index (χ1n) is 4.93. The number of hydrogen-bond acceptors (Lipinski definition) is 2. The number of amides is 1. The number of halogens is 1. The van der Waals surface area contributed by atoms with E-state index >= 15 is 0 Å². The van der Waals surface area contributed by atoms with Gasteiger partial charge in [0.2, 0.25) is 5.91 Å². The predicted octanol–water partition coefficient (Wildman–Crippen LogP) is 2.03. The van der Waals surface area contributed by atoms with Crippen LogP contribution >= 0.6 is 15.9 Å². The lowest BCUT2D eigenvalue weighted by Crippen LogP contribution is -2.25. The average molecular weight is 279 g/mol. The molecule has 0 fully saturated rings. The van der Waals surface area contributed by atoms with E-state index in [-0.39, 0.29) is 10.7 Å². The van der Waals surface area contributed by atoms with Crippen LogP contribution in [-0.2, 0) is 11.2 Å².